The molecule has 31 heavy (non-hydrogen) atoms. The normalized spacial score (nSPS) is 12.6. The number of hydrogen-bond donors (Lipinski definition) is 1. The lowest BCUT2D eigenvalue weighted by Crippen LogP contribution is -2.22. The molecule has 0 spiro atoms. The van der Waals surface area contributed by atoms with E-state index < -0.39 is 18.4 Å². The minimum Gasteiger partial charge on any atom is -0.479 e. The van der Waals surface area contributed by atoms with Crippen molar-refractivity contribution in [2.75, 3.05) is 0 Å². The molecule has 1 atom stereocenters. The molecule has 0 aliphatic carbocycles. The molecule has 1 unspecified atom stereocenters. The lowest BCUT2D eigenvalue weighted by molar-refractivity contribution is -0.274. The van der Waals surface area contributed by atoms with Crippen LogP contribution in [0.25, 0.3) is 10.9 Å². The van der Waals surface area contributed by atoms with E-state index >= 15 is 0 Å². The summed E-state index contributed by atoms with van der Waals surface area (Å²) in [6.45, 7) is 4.49. The number of hydrogen-bond acceptors (Lipinski definition) is 4. The van der Waals surface area contributed by atoms with Crippen molar-refractivity contribution in [3.8, 4) is 11.5 Å². The van der Waals surface area contributed by atoms with Crippen molar-refractivity contribution in [1.82, 2.24) is 4.57 Å². The van der Waals surface area contributed by atoms with E-state index in [1.54, 1.807) is 31.2 Å². The first-order chi connectivity index (χ1) is 14.5. The zero-order valence-corrected chi connectivity index (χ0v) is 17.0. The summed E-state index contributed by atoms with van der Waals surface area (Å²) in [6.07, 6.45) is -5.59. The summed E-state index contributed by atoms with van der Waals surface area (Å²) >= 11 is 0. The van der Waals surface area contributed by atoms with Gasteiger partial charge in [-0.15, -0.1) is 13.2 Å². The molecule has 164 valence electrons. The summed E-state index contributed by atoms with van der Waals surface area (Å²) < 4.78 is 48.9. The highest BCUT2D eigenvalue weighted by molar-refractivity contribution is 5.96. The molecule has 9 heteroatoms. The Labute approximate surface area is 175 Å². The van der Waals surface area contributed by atoms with Crippen LogP contribution < -0.4 is 9.47 Å². The predicted octanol–water partition coefficient (Wildman–Crippen LogP) is 4.95. The summed E-state index contributed by atoms with van der Waals surface area (Å²) in [5, 5.41) is 9.47. The fourth-order valence-corrected chi connectivity index (χ4v) is 3.48. The Kier molecular flexibility index (Phi) is 5.97. The number of halogens is 3. The molecule has 0 amide bonds. The molecule has 1 aromatic heterocycles. The number of carboxylic acids is 1. The molecule has 1 heterocycles. The van der Waals surface area contributed by atoms with E-state index in [4.69, 9.17) is 9.84 Å². The summed E-state index contributed by atoms with van der Waals surface area (Å²) in [7, 11) is 0. The van der Waals surface area contributed by atoms with E-state index in [9.17, 15) is 22.8 Å². The summed E-state index contributed by atoms with van der Waals surface area (Å²) in [4.78, 5) is 23.2. The number of carbonyl (C=O) groups is 2. The Morgan fingerprint density at radius 2 is 1.84 bits per heavy atom. The van der Waals surface area contributed by atoms with Crippen LogP contribution in [-0.2, 0) is 11.2 Å². The van der Waals surface area contributed by atoms with Crippen molar-refractivity contribution >= 4 is 22.8 Å². The minimum atomic E-state index is -4.83. The van der Waals surface area contributed by atoms with Gasteiger partial charge in [0.2, 0.25) is 5.91 Å². The topological polar surface area (TPSA) is 77.8 Å². The van der Waals surface area contributed by atoms with Crippen molar-refractivity contribution in [3.05, 3.63) is 59.3 Å². The largest absolute Gasteiger partial charge is 0.573 e. The summed E-state index contributed by atoms with van der Waals surface area (Å²) in [5.74, 6) is -1.41. The van der Waals surface area contributed by atoms with Gasteiger partial charge in [0.25, 0.3) is 0 Å². The summed E-state index contributed by atoms with van der Waals surface area (Å²) in [6, 6.07) is 10.6. The molecule has 3 rings (SSSR count). The number of aromatic nitrogens is 1. The Morgan fingerprint density at radius 1 is 1.13 bits per heavy atom. The number of nitrogens with zero attached hydrogens (tertiary/aromatic N) is 1. The highest BCUT2D eigenvalue weighted by Gasteiger charge is 2.31. The molecule has 6 nitrogen and oxygen atoms in total. The highest BCUT2D eigenvalue weighted by atomic mass is 19.4. The summed E-state index contributed by atoms with van der Waals surface area (Å²) in [5.41, 5.74) is 2.46. The van der Waals surface area contributed by atoms with Gasteiger partial charge in [0.15, 0.2) is 6.10 Å². The molecule has 0 bridgehead atoms. The Hall–Kier alpha value is -3.49. The van der Waals surface area contributed by atoms with Crippen LogP contribution >= 0.6 is 0 Å². The van der Waals surface area contributed by atoms with Gasteiger partial charge in [-0.1, -0.05) is 12.1 Å². The maximum absolute atomic E-state index is 12.7. The zero-order valence-electron chi connectivity index (χ0n) is 17.0. The van der Waals surface area contributed by atoms with E-state index in [1.165, 1.54) is 36.6 Å². The third kappa shape index (κ3) is 4.99. The van der Waals surface area contributed by atoms with Gasteiger partial charge in [0.1, 0.15) is 11.5 Å². The average molecular weight is 435 g/mol. The first-order valence-corrected chi connectivity index (χ1v) is 9.35. The third-order valence-electron chi connectivity index (χ3n) is 4.79. The van der Waals surface area contributed by atoms with Gasteiger partial charge in [-0.25, -0.2) is 4.79 Å². The smallest absolute Gasteiger partial charge is 0.479 e. The maximum Gasteiger partial charge on any atom is 0.573 e. The van der Waals surface area contributed by atoms with Crippen LogP contribution in [-0.4, -0.2) is 34.0 Å². The van der Waals surface area contributed by atoms with Crippen LogP contribution in [0.15, 0.2) is 42.5 Å². The molecule has 0 fully saturated rings. The van der Waals surface area contributed by atoms with Gasteiger partial charge in [-0.2, -0.15) is 0 Å². The monoisotopic (exact) mass is 435 g/mol. The fraction of sp³-hybridized carbons (Fsp3) is 0.273. The van der Waals surface area contributed by atoms with Gasteiger partial charge in [-0.05, 0) is 61.7 Å². The second kappa shape index (κ2) is 8.33. The van der Waals surface area contributed by atoms with Crippen LogP contribution in [0.2, 0.25) is 0 Å². The van der Waals surface area contributed by atoms with E-state index in [1.807, 2.05) is 0 Å². The zero-order chi connectivity index (χ0) is 22.9. The quantitative estimate of drug-likeness (QED) is 0.593. The van der Waals surface area contributed by atoms with Gasteiger partial charge in [0, 0.05) is 18.0 Å². The fourth-order valence-electron chi connectivity index (χ4n) is 3.48. The number of alkyl halides is 3. The van der Waals surface area contributed by atoms with Gasteiger partial charge in [-0.3, -0.25) is 9.36 Å². The Balaban J connectivity index is 2.05. The number of carbonyl (C=O) groups excluding carboxylic acids is 1. The van der Waals surface area contributed by atoms with Crippen molar-refractivity contribution in [1.29, 1.82) is 0 Å². The average Bonchev–Trinajstić information content (AvgIpc) is 2.92. The van der Waals surface area contributed by atoms with Crippen molar-refractivity contribution in [2.24, 2.45) is 0 Å². The van der Waals surface area contributed by atoms with Crippen LogP contribution in [0.1, 0.15) is 35.5 Å². The molecular formula is C22H20F3NO5. The number of rotatable bonds is 6. The van der Waals surface area contributed by atoms with E-state index in [0.29, 0.717) is 27.9 Å². The Morgan fingerprint density at radius 3 is 2.45 bits per heavy atom. The first-order valence-electron chi connectivity index (χ1n) is 9.35. The van der Waals surface area contributed by atoms with E-state index in [0.717, 1.165) is 5.56 Å². The minimum absolute atomic E-state index is 0.273. The maximum atomic E-state index is 12.7. The SMILES string of the molecule is CC(=O)n1c(C)c(Cc2cccc(OC(C)C(=O)O)c2)c2cc(OC(F)(F)F)ccc21. The van der Waals surface area contributed by atoms with E-state index in [-0.39, 0.29) is 18.1 Å². The molecule has 0 aliphatic rings. The van der Waals surface area contributed by atoms with Crippen LogP contribution in [0.4, 0.5) is 13.2 Å². The second-order valence-corrected chi connectivity index (χ2v) is 7.07. The molecule has 0 radical (unpaired) electrons. The van der Waals surface area contributed by atoms with Crippen LogP contribution in [0, 0.1) is 6.92 Å². The molecule has 3 aromatic rings. The van der Waals surface area contributed by atoms with Crippen LogP contribution in [0.5, 0.6) is 11.5 Å². The molecule has 0 saturated heterocycles. The first kappa shape index (κ1) is 22.2. The third-order valence-corrected chi connectivity index (χ3v) is 4.79. The van der Waals surface area contributed by atoms with Crippen LogP contribution in [0.3, 0.4) is 0 Å². The van der Waals surface area contributed by atoms with Crippen molar-refractivity contribution in [3.63, 3.8) is 0 Å². The van der Waals surface area contributed by atoms with Gasteiger partial charge >= 0.3 is 12.3 Å². The standard InChI is InChI=1S/C22H20F3NO5/c1-12-18(10-15-5-4-6-16(9-15)30-13(2)21(28)29)19-11-17(31-22(23,24)25)7-8-20(19)26(12)14(3)27/h4-9,11,13H,10H2,1-3H3,(H,28,29). The molecule has 2 aromatic carbocycles. The number of ether oxygens (including phenoxy) is 2. The van der Waals surface area contributed by atoms with Gasteiger partial charge in [0.05, 0.1) is 5.52 Å². The molecule has 1 N–H and O–H groups in total. The molecule has 0 aliphatic heterocycles. The Bertz CT molecular complexity index is 1150. The van der Waals surface area contributed by atoms with E-state index in [2.05, 4.69) is 4.74 Å². The number of carboxylic acid groups (broad SMARTS) is 1. The number of aliphatic carboxylic acids is 1. The van der Waals surface area contributed by atoms with Gasteiger partial charge < -0.3 is 14.6 Å². The lowest BCUT2D eigenvalue weighted by Gasteiger charge is -2.12. The second-order valence-electron chi connectivity index (χ2n) is 7.07. The predicted molar refractivity (Wildman–Crippen MR) is 107 cm³/mol. The highest BCUT2D eigenvalue weighted by Crippen LogP contribution is 2.33. The van der Waals surface area contributed by atoms with Crippen molar-refractivity contribution in [2.45, 2.75) is 39.7 Å². The number of benzene rings is 2. The number of fused-ring (bicyclic) bond motifs is 1. The lowest BCUT2D eigenvalue weighted by atomic mass is 10.0. The molecular weight excluding hydrogens is 415 g/mol. The van der Waals surface area contributed by atoms with Crippen molar-refractivity contribution < 1.29 is 37.3 Å². The molecule has 0 saturated carbocycles.